The van der Waals surface area contributed by atoms with Gasteiger partial charge in [-0.15, -0.1) is 0 Å². The van der Waals surface area contributed by atoms with Gasteiger partial charge in [-0.3, -0.25) is 0 Å². The molecule has 7 heteroatoms. The number of ether oxygens (including phenoxy) is 1. The highest BCUT2D eigenvalue weighted by Crippen LogP contribution is 2.27. The van der Waals surface area contributed by atoms with Crippen molar-refractivity contribution in [2.45, 2.75) is 19.3 Å². The second-order valence-corrected chi connectivity index (χ2v) is 5.24. The van der Waals surface area contributed by atoms with Crippen LogP contribution in [0.15, 0.2) is 22.7 Å². The first kappa shape index (κ1) is 12.7. The van der Waals surface area contributed by atoms with Gasteiger partial charge in [0, 0.05) is 7.11 Å². The van der Waals surface area contributed by atoms with Crippen LogP contribution in [-0.2, 0) is 10.2 Å². The van der Waals surface area contributed by atoms with Gasteiger partial charge in [-0.25, -0.2) is 0 Å². The van der Waals surface area contributed by atoms with Crippen LogP contribution in [0, 0.1) is 0 Å². The molecular formula is C13H15N5O2. The number of hydrogen-bond donors (Lipinski definition) is 1. The second-order valence-electron chi connectivity index (χ2n) is 5.24. The average Bonchev–Trinajstić information content (AvgIpc) is 3.07. The molecule has 0 saturated heterocycles. The van der Waals surface area contributed by atoms with Crippen molar-refractivity contribution in [1.82, 2.24) is 25.6 Å². The lowest BCUT2D eigenvalue weighted by molar-refractivity contribution is 0.141. The van der Waals surface area contributed by atoms with E-state index in [1.54, 1.807) is 7.11 Å². The Balaban J connectivity index is 2.04. The zero-order chi connectivity index (χ0) is 14.2. The van der Waals surface area contributed by atoms with Crippen LogP contribution in [0.5, 0.6) is 0 Å². The third-order valence-electron chi connectivity index (χ3n) is 3.11. The molecule has 0 atom stereocenters. The molecule has 0 fully saturated rings. The molecule has 0 aliphatic carbocycles. The van der Waals surface area contributed by atoms with E-state index in [0.717, 1.165) is 11.1 Å². The van der Waals surface area contributed by atoms with Gasteiger partial charge in [-0.05, 0) is 12.1 Å². The summed E-state index contributed by atoms with van der Waals surface area (Å²) in [7, 11) is 1.65. The maximum absolute atomic E-state index is 5.36. The third-order valence-corrected chi connectivity index (χ3v) is 3.11. The van der Waals surface area contributed by atoms with Gasteiger partial charge >= 0.3 is 0 Å². The topological polar surface area (TPSA) is 89.7 Å². The number of rotatable bonds is 4. The summed E-state index contributed by atoms with van der Waals surface area (Å²) in [5, 5.41) is 14.8. The van der Waals surface area contributed by atoms with E-state index >= 15 is 0 Å². The van der Waals surface area contributed by atoms with Crippen molar-refractivity contribution in [2.75, 3.05) is 13.7 Å². The molecule has 2 aromatic heterocycles. The maximum atomic E-state index is 5.36. The molecule has 1 aromatic carbocycles. The van der Waals surface area contributed by atoms with E-state index < -0.39 is 0 Å². The first-order valence-corrected chi connectivity index (χ1v) is 6.25. The number of nitrogens with zero attached hydrogens (tertiary/aromatic N) is 4. The standard InChI is InChI=1S/C13H15N5O2/c1-13(2,7-19-3)12-14-11(20-17-12)8-5-4-6-9-10(8)16-18-15-9/h4-6H,7H2,1-3H3,(H,15,16,18). The lowest BCUT2D eigenvalue weighted by Crippen LogP contribution is -2.25. The average molecular weight is 273 g/mol. The Kier molecular flexibility index (Phi) is 2.98. The van der Waals surface area contributed by atoms with Crippen molar-refractivity contribution < 1.29 is 9.26 Å². The highest BCUT2D eigenvalue weighted by molar-refractivity contribution is 5.88. The number of hydrogen-bond acceptors (Lipinski definition) is 6. The maximum Gasteiger partial charge on any atom is 0.260 e. The Morgan fingerprint density at radius 2 is 2.15 bits per heavy atom. The molecule has 20 heavy (non-hydrogen) atoms. The van der Waals surface area contributed by atoms with Gasteiger partial charge in [0.1, 0.15) is 11.0 Å². The van der Waals surface area contributed by atoms with Crippen molar-refractivity contribution in [3.8, 4) is 11.5 Å². The Morgan fingerprint density at radius 1 is 1.30 bits per heavy atom. The molecule has 0 bridgehead atoms. The largest absolute Gasteiger partial charge is 0.384 e. The molecule has 0 amide bonds. The summed E-state index contributed by atoms with van der Waals surface area (Å²) in [6, 6.07) is 5.63. The lowest BCUT2D eigenvalue weighted by Gasteiger charge is -2.18. The second kappa shape index (κ2) is 4.68. The van der Waals surface area contributed by atoms with Crippen LogP contribution in [0.4, 0.5) is 0 Å². The van der Waals surface area contributed by atoms with Crippen molar-refractivity contribution in [3.05, 3.63) is 24.0 Å². The SMILES string of the molecule is COCC(C)(C)c1noc(-c2cccc3n[nH]nc23)n1. The Morgan fingerprint density at radius 3 is 2.95 bits per heavy atom. The first-order chi connectivity index (χ1) is 9.62. The van der Waals surface area contributed by atoms with E-state index in [0.29, 0.717) is 23.8 Å². The molecule has 0 aliphatic heterocycles. The van der Waals surface area contributed by atoms with Crippen molar-refractivity contribution >= 4 is 11.0 Å². The Hall–Kier alpha value is -2.28. The number of aromatic nitrogens is 5. The number of nitrogens with one attached hydrogen (secondary N) is 1. The predicted molar refractivity (Wildman–Crippen MR) is 72.1 cm³/mol. The number of fused-ring (bicyclic) bond motifs is 1. The molecule has 0 spiro atoms. The van der Waals surface area contributed by atoms with Crippen LogP contribution in [0.1, 0.15) is 19.7 Å². The molecule has 3 rings (SSSR count). The van der Waals surface area contributed by atoms with E-state index in [1.165, 1.54) is 0 Å². The zero-order valence-electron chi connectivity index (χ0n) is 11.5. The summed E-state index contributed by atoms with van der Waals surface area (Å²) in [5.74, 6) is 1.04. The van der Waals surface area contributed by atoms with Gasteiger partial charge in [-0.1, -0.05) is 25.1 Å². The normalized spacial score (nSPS) is 12.2. The summed E-state index contributed by atoms with van der Waals surface area (Å²) in [6.45, 7) is 4.52. The molecule has 0 unspecified atom stereocenters. The van der Waals surface area contributed by atoms with E-state index in [1.807, 2.05) is 32.0 Å². The summed E-state index contributed by atoms with van der Waals surface area (Å²) in [6.07, 6.45) is 0. The molecule has 2 heterocycles. The molecule has 104 valence electrons. The fourth-order valence-corrected chi connectivity index (χ4v) is 2.07. The Bertz CT molecular complexity index is 731. The van der Waals surface area contributed by atoms with Crippen molar-refractivity contribution in [1.29, 1.82) is 0 Å². The quantitative estimate of drug-likeness (QED) is 0.781. The summed E-state index contributed by atoms with van der Waals surface area (Å²) in [4.78, 5) is 4.46. The van der Waals surface area contributed by atoms with Gasteiger partial charge in [0.25, 0.3) is 5.89 Å². The smallest absolute Gasteiger partial charge is 0.260 e. The van der Waals surface area contributed by atoms with E-state index in [9.17, 15) is 0 Å². The molecule has 0 radical (unpaired) electrons. The monoisotopic (exact) mass is 273 g/mol. The number of para-hydroxylation sites is 1. The molecule has 0 saturated carbocycles. The van der Waals surface area contributed by atoms with E-state index in [-0.39, 0.29) is 5.41 Å². The first-order valence-electron chi connectivity index (χ1n) is 6.25. The summed E-state index contributed by atoms with van der Waals surface area (Å²) in [5.41, 5.74) is 1.93. The number of benzene rings is 1. The molecule has 1 N–H and O–H groups in total. The van der Waals surface area contributed by atoms with Crippen LogP contribution < -0.4 is 0 Å². The third kappa shape index (κ3) is 2.05. The summed E-state index contributed by atoms with van der Waals surface area (Å²) >= 11 is 0. The van der Waals surface area contributed by atoms with Crippen LogP contribution in [0.25, 0.3) is 22.5 Å². The molecule has 7 nitrogen and oxygen atoms in total. The van der Waals surface area contributed by atoms with Gasteiger partial charge in [0.15, 0.2) is 5.82 Å². The van der Waals surface area contributed by atoms with Gasteiger partial charge in [-0.2, -0.15) is 20.4 Å². The minimum absolute atomic E-state index is 0.311. The van der Waals surface area contributed by atoms with E-state index in [2.05, 4.69) is 25.6 Å². The number of H-pyrrole nitrogens is 1. The predicted octanol–water partition coefficient (Wildman–Crippen LogP) is 1.93. The minimum Gasteiger partial charge on any atom is -0.384 e. The van der Waals surface area contributed by atoms with Crippen molar-refractivity contribution in [3.63, 3.8) is 0 Å². The molecule has 3 aromatic rings. The Labute approximate surface area is 115 Å². The van der Waals surface area contributed by atoms with Crippen LogP contribution >= 0.6 is 0 Å². The highest BCUT2D eigenvalue weighted by atomic mass is 16.5. The lowest BCUT2D eigenvalue weighted by atomic mass is 9.94. The minimum atomic E-state index is -0.311. The van der Waals surface area contributed by atoms with Crippen molar-refractivity contribution in [2.24, 2.45) is 0 Å². The van der Waals surface area contributed by atoms with Crippen LogP contribution in [0.2, 0.25) is 0 Å². The molecule has 0 aliphatic rings. The van der Waals surface area contributed by atoms with Gasteiger partial charge in [0.2, 0.25) is 0 Å². The van der Waals surface area contributed by atoms with Gasteiger partial charge in [0.05, 0.1) is 17.6 Å². The summed E-state index contributed by atoms with van der Waals surface area (Å²) < 4.78 is 10.5. The number of aromatic amines is 1. The zero-order valence-corrected chi connectivity index (χ0v) is 11.5. The fraction of sp³-hybridized carbons (Fsp3) is 0.385. The highest BCUT2D eigenvalue weighted by Gasteiger charge is 2.27. The van der Waals surface area contributed by atoms with Crippen LogP contribution in [0.3, 0.4) is 0 Å². The van der Waals surface area contributed by atoms with Crippen LogP contribution in [-0.4, -0.2) is 39.3 Å². The fourth-order valence-electron chi connectivity index (χ4n) is 2.07. The van der Waals surface area contributed by atoms with Gasteiger partial charge < -0.3 is 9.26 Å². The van der Waals surface area contributed by atoms with E-state index in [4.69, 9.17) is 9.26 Å². The number of methoxy groups -OCH3 is 1. The molecular weight excluding hydrogens is 258 g/mol.